The van der Waals surface area contributed by atoms with Gasteiger partial charge in [-0.15, -0.1) is 0 Å². The Kier molecular flexibility index (Phi) is 4.65. The number of Topliss-reactive ketones (excluding diaryl/α,β-unsaturated/α-hetero) is 2. The minimum atomic E-state index is -0.503. The summed E-state index contributed by atoms with van der Waals surface area (Å²) in [5.74, 6) is -0.444. The van der Waals surface area contributed by atoms with E-state index in [0.29, 0.717) is 6.42 Å². The zero-order valence-corrected chi connectivity index (χ0v) is 11.6. The van der Waals surface area contributed by atoms with Gasteiger partial charge in [0.2, 0.25) is 0 Å². The fourth-order valence-electron chi connectivity index (χ4n) is 2.99. The van der Waals surface area contributed by atoms with Crippen LogP contribution in [0.4, 0.5) is 0 Å². The molecule has 1 aliphatic carbocycles. The first kappa shape index (κ1) is 14.9. The van der Waals surface area contributed by atoms with Gasteiger partial charge in [0.25, 0.3) is 0 Å². The highest BCUT2D eigenvalue weighted by molar-refractivity contribution is 5.95. The van der Waals surface area contributed by atoms with Gasteiger partial charge in [-0.2, -0.15) is 0 Å². The average Bonchev–Trinajstić information content (AvgIpc) is 2.53. The van der Waals surface area contributed by atoms with Crippen molar-refractivity contribution in [3.63, 3.8) is 0 Å². The smallest absolute Gasteiger partial charge is 0.313 e. The lowest BCUT2D eigenvalue weighted by Gasteiger charge is -2.16. The fraction of sp³-hybridized carbons (Fsp3) is 0.786. The predicted octanol–water partition coefficient (Wildman–Crippen LogP) is 2.15. The topological polar surface area (TPSA) is 60.4 Å². The van der Waals surface area contributed by atoms with E-state index in [-0.39, 0.29) is 35.2 Å². The van der Waals surface area contributed by atoms with Crippen molar-refractivity contribution in [1.29, 1.82) is 0 Å². The van der Waals surface area contributed by atoms with E-state index < -0.39 is 5.97 Å². The summed E-state index contributed by atoms with van der Waals surface area (Å²) in [4.78, 5) is 34.4. The first-order chi connectivity index (χ1) is 8.25. The van der Waals surface area contributed by atoms with E-state index in [4.69, 9.17) is 0 Å². The lowest BCUT2D eigenvalue weighted by molar-refractivity contribution is -0.143. The van der Waals surface area contributed by atoms with Gasteiger partial charge < -0.3 is 4.74 Å². The summed E-state index contributed by atoms with van der Waals surface area (Å²) < 4.78 is 4.47. The standard InChI is InChI=1S/C14H22O4/c1-9(15)12-8-14(2,3)7-10(12)5-11(16)6-13(17)18-4/h10,12H,5-8H2,1-4H3/t10-,12-/m1/s1. The minimum absolute atomic E-state index is 0.0402. The van der Waals surface area contributed by atoms with E-state index in [1.165, 1.54) is 7.11 Å². The lowest BCUT2D eigenvalue weighted by atomic mass is 9.88. The minimum Gasteiger partial charge on any atom is -0.469 e. The third kappa shape index (κ3) is 3.93. The Hall–Kier alpha value is -1.19. The Bertz CT molecular complexity index is 357. The van der Waals surface area contributed by atoms with Gasteiger partial charge in [0.05, 0.1) is 7.11 Å². The number of rotatable bonds is 5. The Morgan fingerprint density at radius 1 is 1.22 bits per heavy atom. The summed E-state index contributed by atoms with van der Waals surface area (Å²) >= 11 is 0. The fourth-order valence-corrected chi connectivity index (χ4v) is 2.99. The third-order valence-electron chi connectivity index (χ3n) is 3.74. The maximum Gasteiger partial charge on any atom is 0.313 e. The van der Waals surface area contributed by atoms with Crippen LogP contribution >= 0.6 is 0 Å². The molecule has 0 aromatic rings. The average molecular weight is 254 g/mol. The van der Waals surface area contributed by atoms with Crippen LogP contribution in [0.15, 0.2) is 0 Å². The van der Waals surface area contributed by atoms with Crippen LogP contribution in [0.2, 0.25) is 0 Å². The molecule has 102 valence electrons. The number of ether oxygens (including phenoxy) is 1. The zero-order chi connectivity index (χ0) is 13.9. The number of carbonyl (C=O) groups excluding carboxylic acids is 3. The van der Waals surface area contributed by atoms with E-state index in [0.717, 1.165) is 12.8 Å². The highest BCUT2D eigenvalue weighted by atomic mass is 16.5. The second-order valence-electron chi connectivity index (χ2n) is 6.05. The molecule has 0 saturated heterocycles. The van der Waals surface area contributed by atoms with Gasteiger partial charge in [0.1, 0.15) is 18.0 Å². The summed E-state index contributed by atoms with van der Waals surface area (Å²) in [6.45, 7) is 5.82. The normalized spacial score (nSPS) is 25.8. The van der Waals surface area contributed by atoms with Gasteiger partial charge in [0.15, 0.2) is 0 Å². The Balaban J connectivity index is 2.62. The van der Waals surface area contributed by atoms with E-state index in [1.807, 2.05) is 0 Å². The molecule has 0 aliphatic heterocycles. The molecule has 1 fully saturated rings. The van der Waals surface area contributed by atoms with Gasteiger partial charge in [0, 0.05) is 12.3 Å². The molecule has 1 rings (SSSR count). The third-order valence-corrected chi connectivity index (χ3v) is 3.74. The van der Waals surface area contributed by atoms with Crippen molar-refractivity contribution in [2.45, 2.75) is 46.5 Å². The van der Waals surface area contributed by atoms with Gasteiger partial charge >= 0.3 is 5.97 Å². The predicted molar refractivity (Wildman–Crippen MR) is 66.9 cm³/mol. The molecular weight excluding hydrogens is 232 g/mol. The number of hydrogen-bond donors (Lipinski definition) is 0. The van der Waals surface area contributed by atoms with Crippen LogP contribution in [0.25, 0.3) is 0 Å². The molecular formula is C14H22O4. The molecule has 0 heterocycles. The van der Waals surface area contributed by atoms with Crippen LogP contribution in [0.3, 0.4) is 0 Å². The Morgan fingerprint density at radius 3 is 2.33 bits per heavy atom. The second-order valence-corrected chi connectivity index (χ2v) is 6.05. The van der Waals surface area contributed by atoms with E-state index in [1.54, 1.807) is 6.92 Å². The summed E-state index contributed by atoms with van der Waals surface area (Å²) in [6, 6.07) is 0. The Labute approximate surface area is 108 Å². The van der Waals surface area contributed by atoms with Crippen LogP contribution in [0.1, 0.15) is 46.5 Å². The van der Waals surface area contributed by atoms with Crippen molar-refractivity contribution in [3.8, 4) is 0 Å². The molecule has 4 heteroatoms. The zero-order valence-electron chi connectivity index (χ0n) is 11.6. The highest BCUT2D eigenvalue weighted by Crippen LogP contribution is 2.46. The molecule has 0 unspecified atom stereocenters. The molecule has 0 aromatic heterocycles. The summed E-state index contributed by atoms with van der Waals surface area (Å²) in [5.41, 5.74) is 0.104. The van der Waals surface area contributed by atoms with Gasteiger partial charge in [-0.3, -0.25) is 14.4 Å². The molecule has 2 atom stereocenters. The van der Waals surface area contributed by atoms with Crippen molar-refractivity contribution in [2.75, 3.05) is 7.11 Å². The van der Waals surface area contributed by atoms with Gasteiger partial charge in [-0.25, -0.2) is 0 Å². The first-order valence-electron chi connectivity index (χ1n) is 6.34. The van der Waals surface area contributed by atoms with Crippen molar-refractivity contribution < 1.29 is 19.1 Å². The first-order valence-corrected chi connectivity index (χ1v) is 6.34. The molecule has 0 bridgehead atoms. The molecule has 18 heavy (non-hydrogen) atoms. The summed E-state index contributed by atoms with van der Waals surface area (Å²) in [5, 5.41) is 0. The van der Waals surface area contributed by atoms with Crippen LogP contribution < -0.4 is 0 Å². The van der Waals surface area contributed by atoms with Crippen molar-refractivity contribution in [3.05, 3.63) is 0 Å². The quantitative estimate of drug-likeness (QED) is 0.557. The Morgan fingerprint density at radius 2 is 1.83 bits per heavy atom. The van der Waals surface area contributed by atoms with Crippen molar-refractivity contribution in [2.24, 2.45) is 17.3 Å². The molecule has 0 amide bonds. The number of hydrogen-bond acceptors (Lipinski definition) is 4. The van der Waals surface area contributed by atoms with Gasteiger partial charge in [-0.05, 0) is 31.1 Å². The highest BCUT2D eigenvalue weighted by Gasteiger charge is 2.42. The van der Waals surface area contributed by atoms with E-state index in [9.17, 15) is 14.4 Å². The van der Waals surface area contributed by atoms with Crippen LogP contribution in [0.5, 0.6) is 0 Å². The lowest BCUT2D eigenvalue weighted by Crippen LogP contribution is -2.20. The van der Waals surface area contributed by atoms with Crippen LogP contribution in [-0.4, -0.2) is 24.6 Å². The molecule has 0 N–H and O–H groups in total. The van der Waals surface area contributed by atoms with E-state index >= 15 is 0 Å². The maximum atomic E-state index is 11.7. The molecule has 4 nitrogen and oxygen atoms in total. The molecule has 0 radical (unpaired) electrons. The molecule has 1 saturated carbocycles. The number of carbonyl (C=O) groups is 3. The number of ketones is 2. The molecule has 1 aliphatic rings. The molecule has 0 aromatic carbocycles. The van der Waals surface area contributed by atoms with E-state index in [2.05, 4.69) is 18.6 Å². The number of methoxy groups -OCH3 is 1. The number of esters is 1. The maximum absolute atomic E-state index is 11.7. The monoisotopic (exact) mass is 254 g/mol. The summed E-state index contributed by atoms with van der Waals surface area (Å²) in [6.07, 6.45) is 1.82. The van der Waals surface area contributed by atoms with Crippen molar-refractivity contribution >= 4 is 17.5 Å². The summed E-state index contributed by atoms with van der Waals surface area (Å²) in [7, 11) is 1.27. The van der Waals surface area contributed by atoms with Gasteiger partial charge in [-0.1, -0.05) is 13.8 Å². The SMILES string of the molecule is COC(=O)CC(=O)C[C@@H]1CC(C)(C)C[C@@H]1C(C)=O. The van der Waals surface area contributed by atoms with Crippen LogP contribution in [-0.2, 0) is 19.1 Å². The molecule has 0 spiro atoms. The van der Waals surface area contributed by atoms with Crippen LogP contribution in [0, 0.1) is 17.3 Å². The van der Waals surface area contributed by atoms with Crippen molar-refractivity contribution in [1.82, 2.24) is 0 Å². The largest absolute Gasteiger partial charge is 0.469 e. The second kappa shape index (κ2) is 5.63.